The number of nitrogens with zero attached hydrogens (tertiary/aromatic N) is 6. The molecule has 0 aliphatic carbocycles. The molecule has 1 fully saturated rings. The van der Waals surface area contributed by atoms with Crippen LogP contribution in [0.1, 0.15) is 35.9 Å². The van der Waals surface area contributed by atoms with Crippen molar-refractivity contribution in [3.05, 3.63) is 78.0 Å². The normalized spacial score (nSPS) is 14.3. The number of carbonyl (C=O) groups excluding carboxylic acids is 1. The summed E-state index contributed by atoms with van der Waals surface area (Å²) in [6.07, 6.45) is 1.82. The Bertz CT molecular complexity index is 1280. The summed E-state index contributed by atoms with van der Waals surface area (Å²) >= 11 is 0. The summed E-state index contributed by atoms with van der Waals surface area (Å²) in [6, 6.07) is 15.6. The molecule has 0 bridgehead atoms. The lowest BCUT2D eigenvalue weighted by molar-refractivity contribution is 0.0746. The lowest BCUT2D eigenvalue weighted by atomic mass is 10.1. The van der Waals surface area contributed by atoms with Crippen LogP contribution < -0.4 is 4.90 Å². The quantitative estimate of drug-likeness (QED) is 0.475. The third kappa shape index (κ3) is 4.04. The minimum atomic E-state index is -0.346. The minimum absolute atomic E-state index is 0.0812. The fourth-order valence-corrected chi connectivity index (χ4v) is 4.06. The van der Waals surface area contributed by atoms with Crippen LogP contribution in [0.25, 0.3) is 16.7 Å². The van der Waals surface area contributed by atoms with E-state index >= 15 is 0 Å². The summed E-state index contributed by atoms with van der Waals surface area (Å²) in [7, 11) is 0. The molecule has 0 spiro atoms. The Hall–Kier alpha value is -3.81. The van der Waals surface area contributed by atoms with Gasteiger partial charge in [0, 0.05) is 37.7 Å². The van der Waals surface area contributed by atoms with Gasteiger partial charge in [0.2, 0.25) is 0 Å². The molecule has 0 N–H and O–H groups in total. The van der Waals surface area contributed by atoms with E-state index in [0.717, 1.165) is 28.4 Å². The number of aromatic nitrogens is 4. The molecule has 168 valence electrons. The van der Waals surface area contributed by atoms with E-state index in [2.05, 4.69) is 23.8 Å². The van der Waals surface area contributed by atoms with Crippen molar-refractivity contribution in [2.45, 2.75) is 19.8 Å². The largest absolute Gasteiger partial charge is 0.352 e. The summed E-state index contributed by atoms with van der Waals surface area (Å²) in [5.74, 6) is 1.34. The summed E-state index contributed by atoms with van der Waals surface area (Å²) in [4.78, 5) is 26.5. The highest BCUT2D eigenvalue weighted by Gasteiger charge is 2.26. The van der Waals surface area contributed by atoms with Crippen molar-refractivity contribution in [3.63, 3.8) is 0 Å². The van der Waals surface area contributed by atoms with Crippen LogP contribution in [-0.2, 0) is 0 Å². The molecule has 4 aromatic rings. The first kappa shape index (κ1) is 21.1. The van der Waals surface area contributed by atoms with Gasteiger partial charge in [-0.25, -0.2) is 19.0 Å². The Morgan fingerprint density at radius 1 is 0.939 bits per heavy atom. The van der Waals surface area contributed by atoms with Gasteiger partial charge in [-0.1, -0.05) is 32.0 Å². The van der Waals surface area contributed by atoms with Crippen molar-refractivity contribution in [2.24, 2.45) is 0 Å². The highest BCUT2D eigenvalue weighted by Crippen LogP contribution is 2.28. The van der Waals surface area contributed by atoms with Crippen molar-refractivity contribution in [1.82, 2.24) is 24.6 Å². The number of fused-ring (bicyclic) bond motifs is 1. The van der Waals surface area contributed by atoms with E-state index in [4.69, 9.17) is 9.97 Å². The van der Waals surface area contributed by atoms with E-state index in [1.165, 1.54) is 24.3 Å². The van der Waals surface area contributed by atoms with Gasteiger partial charge in [0.05, 0.1) is 17.3 Å². The first-order chi connectivity index (χ1) is 16.0. The van der Waals surface area contributed by atoms with Crippen LogP contribution in [0.15, 0.2) is 60.8 Å². The predicted molar refractivity (Wildman–Crippen MR) is 125 cm³/mol. The van der Waals surface area contributed by atoms with Gasteiger partial charge in [-0.2, -0.15) is 5.10 Å². The molecule has 1 aliphatic heterocycles. The van der Waals surface area contributed by atoms with Crippen molar-refractivity contribution >= 4 is 22.8 Å². The second-order valence-corrected chi connectivity index (χ2v) is 8.48. The number of carbonyl (C=O) groups is 1. The third-order valence-corrected chi connectivity index (χ3v) is 5.90. The molecule has 0 atom stereocenters. The van der Waals surface area contributed by atoms with Crippen LogP contribution in [-0.4, -0.2) is 56.7 Å². The van der Waals surface area contributed by atoms with E-state index in [9.17, 15) is 9.18 Å². The van der Waals surface area contributed by atoms with Gasteiger partial charge in [0.1, 0.15) is 17.5 Å². The number of para-hydroxylation sites is 1. The Morgan fingerprint density at radius 3 is 2.30 bits per heavy atom. The zero-order valence-electron chi connectivity index (χ0n) is 18.6. The zero-order chi connectivity index (χ0) is 22.9. The Kier molecular flexibility index (Phi) is 5.50. The zero-order valence-corrected chi connectivity index (χ0v) is 18.6. The van der Waals surface area contributed by atoms with Crippen molar-refractivity contribution in [3.8, 4) is 5.69 Å². The van der Waals surface area contributed by atoms with Crippen LogP contribution in [0.5, 0.6) is 0 Å². The molecule has 2 aromatic heterocycles. The van der Waals surface area contributed by atoms with E-state index < -0.39 is 0 Å². The summed E-state index contributed by atoms with van der Waals surface area (Å²) in [5.41, 5.74) is 2.22. The van der Waals surface area contributed by atoms with Crippen molar-refractivity contribution < 1.29 is 9.18 Å². The molecular weight excluding hydrogens is 419 g/mol. The Balaban J connectivity index is 1.43. The number of rotatable bonds is 4. The molecule has 7 nitrogen and oxygen atoms in total. The molecular formula is C25H25FN6O. The monoisotopic (exact) mass is 444 g/mol. The standard InChI is InChI=1S/C25H25FN6O/c1-17(2)22-28-23(21-16-27-32(24(21)29-22)20-6-4-3-5-7-20)30-12-14-31(15-13-30)25(33)18-8-10-19(26)11-9-18/h3-11,16-17H,12-15H2,1-2H3. The topological polar surface area (TPSA) is 67.2 Å². The molecule has 5 rings (SSSR count). The van der Waals surface area contributed by atoms with Crippen molar-refractivity contribution in [1.29, 1.82) is 0 Å². The van der Waals surface area contributed by atoms with Crippen LogP contribution >= 0.6 is 0 Å². The fourth-order valence-electron chi connectivity index (χ4n) is 4.06. The molecule has 1 amide bonds. The molecule has 1 saturated heterocycles. The maximum Gasteiger partial charge on any atom is 0.253 e. The highest BCUT2D eigenvalue weighted by molar-refractivity contribution is 5.94. The summed E-state index contributed by atoms with van der Waals surface area (Å²) < 4.78 is 15.1. The number of benzene rings is 2. The van der Waals surface area contributed by atoms with Gasteiger partial charge in [-0.15, -0.1) is 0 Å². The average Bonchev–Trinajstić information content (AvgIpc) is 3.28. The smallest absolute Gasteiger partial charge is 0.253 e. The van der Waals surface area contributed by atoms with E-state index in [1.807, 2.05) is 41.2 Å². The number of hydrogen-bond donors (Lipinski definition) is 0. The van der Waals surface area contributed by atoms with Crippen LogP contribution in [0.2, 0.25) is 0 Å². The summed E-state index contributed by atoms with van der Waals surface area (Å²) in [6.45, 7) is 6.57. The Morgan fingerprint density at radius 2 is 1.64 bits per heavy atom. The Labute approximate surface area is 191 Å². The van der Waals surface area contributed by atoms with Gasteiger partial charge >= 0.3 is 0 Å². The van der Waals surface area contributed by atoms with Gasteiger partial charge in [0.15, 0.2) is 5.65 Å². The fraction of sp³-hybridized carbons (Fsp3) is 0.280. The number of hydrogen-bond acceptors (Lipinski definition) is 5. The molecule has 3 heterocycles. The predicted octanol–water partition coefficient (Wildman–Crippen LogP) is 4.04. The van der Waals surface area contributed by atoms with Crippen LogP contribution in [0.4, 0.5) is 10.2 Å². The maximum atomic E-state index is 13.2. The SMILES string of the molecule is CC(C)c1nc(N2CCN(C(=O)c3ccc(F)cc3)CC2)c2cnn(-c3ccccc3)c2n1. The van der Waals surface area contributed by atoms with E-state index in [1.54, 1.807) is 4.90 Å². The number of amides is 1. The molecule has 0 radical (unpaired) electrons. The maximum absolute atomic E-state index is 13.2. The molecule has 8 heteroatoms. The molecule has 0 saturated carbocycles. The average molecular weight is 445 g/mol. The summed E-state index contributed by atoms with van der Waals surface area (Å²) in [5, 5.41) is 5.49. The first-order valence-electron chi connectivity index (χ1n) is 11.1. The third-order valence-electron chi connectivity index (χ3n) is 5.90. The molecule has 33 heavy (non-hydrogen) atoms. The molecule has 0 unspecified atom stereocenters. The van der Waals surface area contributed by atoms with E-state index in [0.29, 0.717) is 31.7 Å². The van der Waals surface area contributed by atoms with Gasteiger partial charge in [-0.3, -0.25) is 4.79 Å². The highest BCUT2D eigenvalue weighted by atomic mass is 19.1. The first-order valence-corrected chi connectivity index (χ1v) is 11.1. The van der Waals surface area contributed by atoms with Gasteiger partial charge < -0.3 is 9.80 Å². The van der Waals surface area contributed by atoms with Crippen LogP contribution in [0.3, 0.4) is 0 Å². The van der Waals surface area contributed by atoms with Gasteiger partial charge in [0.25, 0.3) is 5.91 Å². The van der Waals surface area contributed by atoms with E-state index in [-0.39, 0.29) is 17.6 Å². The van der Waals surface area contributed by atoms with Gasteiger partial charge in [-0.05, 0) is 36.4 Å². The molecule has 1 aliphatic rings. The second-order valence-electron chi connectivity index (χ2n) is 8.48. The second kappa shape index (κ2) is 8.61. The lowest BCUT2D eigenvalue weighted by Crippen LogP contribution is -2.49. The van der Waals surface area contributed by atoms with Crippen molar-refractivity contribution in [2.75, 3.05) is 31.1 Å². The number of anilines is 1. The number of halogens is 1. The lowest BCUT2D eigenvalue weighted by Gasteiger charge is -2.35. The van der Waals surface area contributed by atoms with Crippen LogP contribution in [0, 0.1) is 5.82 Å². The molecule has 2 aromatic carbocycles. The minimum Gasteiger partial charge on any atom is -0.352 e. The number of piperazine rings is 1.